The summed E-state index contributed by atoms with van der Waals surface area (Å²) in [5.41, 5.74) is 0. The molecule has 248 valence electrons. The molecular formula is C32H55NO10. The van der Waals surface area contributed by atoms with E-state index in [1.165, 1.54) is 77.6 Å². The van der Waals surface area contributed by atoms with Crippen LogP contribution in [0.15, 0.2) is 0 Å². The van der Waals surface area contributed by atoms with Crippen molar-refractivity contribution in [2.24, 2.45) is 0 Å². The van der Waals surface area contributed by atoms with E-state index in [9.17, 15) is 24.0 Å². The summed E-state index contributed by atoms with van der Waals surface area (Å²) in [6.07, 6.45) is 13.4. The van der Waals surface area contributed by atoms with Crippen molar-refractivity contribution in [1.82, 2.24) is 5.32 Å². The van der Waals surface area contributed by atoms with E-state index in [4.69, 9.17) is 23.7 Å². The third-order valence-corrected chi connectivity index (χ3v) is 7.32. The zero-order chi connectivity index (χ0) is 32.0. The highest BCUT2D eigenvalue weighted by atomic mass is 16.7. The van der Waals surface area contributed by atoms with E-state index < -0.39 is 54.5 Å². The predicted molar refractivity (Wildman–Crippen MR) is 160 cm³/mol. The Hall–Kier alpha value is -2.69. The number of carbonyl (C=O) groups is 5. The van der Waals surface area contributed by atoms with Crippen LogP contribution >= 0.6 is 0 Å². The number of esters is 4. The highest BCUT2D eigenvalue weighted by Crippen LogP contribution is 2.28. The molecular weight excluding hydrogens is 558 g/mol. The van der Waals surface area contributed by atoms with E-state index in [0.29, 0.717) is 6.42 Å². The van der Waals surface area contributed by atoms with E-state index in [2.05, 4.69) is 12.2 Å². The number of amides is 1. The van der Waals surface area contributed by atoms with Gasteiger partial charge in [0.05, 0.1) is 0 Å². The summed E-state index contributed by atoms with van der Waals surface area (Å²) in [4.78, 5) is 60.0. The van der Waals surface area contributed by atoms with Crippen LogP contribution in [0.2, 0.25) is 0 Å². The van der Waals surface area contributed by atoms with E-state index in [-0.39, 0.29) is 18.9 Å². The third kappa shape index (κ3) is 17.9. The molecule has 0 aromatic rings. The Balaban J connectivity index is 2.57. The van der Waals surface area contributed by atoms with Gasteiger partial charge in [-0.1, -0.05) is 96.8 Å². The number of carbonyl (C=O) groups excluding carboxylic acids is 5. The molecule has 1 aliphatic rings. The topological polar surface area (TPSA) is 144 Å². The van der Waals surface area contributed by atoms with Gasteiger partial charge in [-0.2, -0.15) is 0 Å². The standard InChI is InChI=1S/C32H55NO10/c1-6-7-8-9-10-11-12-13-14-15-16-17-18-19-20-21-28(38)33-29-31(41-25(4)36)30(40-24(3)35)27(22-39-23(2)34)43-32(29)42-26(5)37/h27,29-32H,6-22H2,1-5H3,(H,33,38)/t27-,29+,30+,31-,32-/m1/s1. The van der Waals surface area contributed by atoms with Gasteiger partial charge in [0.2, 0.25) is 12.2 Å². The minimum absolute atomic E-state index is 0.212. The third-order valence-electron chi connectivity index (χ3n) is 7.32. The van der Waals surface area contributed by atoms with Crippen LogP contribution in [0.5, 0.6) is 0 Å². The van der Waals surface area contributed by atoms with Crippen LogP contribution in [0, 0.1) is 0 Å². The molecule has 0 aliphatic carbocycles. The van der Waals surface area contributed by atoms with Crippen molar-refractivity contribution in [2.45, 2.75) is 168 Å². The van der Waals surface area contributed by atoms with Crippen molar-refractivity contribution in [3.05, 3.63) is 0 Å². The van der Waals surface area contributed by atoms with Gasteiger partial charge in [0.25, 0.3) is 0 Å². The fourth-order valence-corrected chi connectivity index (χ4v) is 5.24. The average Bonchev–Trinajstić information content (AvgIpc) is 2.92. The molecule has 5 atom stereocenters. The first kappa shape index (κ1) is 38.3. The number of hydrogen-bond acceptors (Lipinski definition) is 10. The van der Waals surface area contributed by atoms with Gasteiger partial charge in [-0.3, -0.25) is 24.0 Å². The molecule has 1 aliphatic heterocycles. The minimum atomic E-state index is -1.38. The molecule has 0 bridgehead atoms. The lowest BCUT2D eigenvalue weighted by Gasteiger charge is -2.44. The quantitative estimate of drug-likeness (QED) is 0.0951. The van der Waals surface area contributed by atoms with Gasteiger partial charge in [-0.15, -0.1) is 0 Å². The summed E-state index contributed by atoms with van der Waals surface area (Å²) in [6, 6.07) is -1.16. The maximum atomic E-state index is 12.9. The Morgan fingerprint density at radius 2 is 1.02 bits per heavy atom. The molecule has 1 N–H and O–H groups in total. The first-order valence-electron chi connectivity index (χ1n) is 16.1. The zero-order valence-electron chi connectivity index (χ0n) is 27.0. The lowest BCUT2D eigenvalue weighted by molar-refractivity contribution is -0.271. The van der Waals surface area contributed by atoms with Crippen molar-refractivity contribution in [3.8, 4) is 0 Å². The van der Waals surface area contributed by atoms with Crippen molar-refractivity contribution in [3.63, 3.8) is 0 Å². The molecule has 0 radical (unpaired) electrons. The molecule has 1 amide bonds. The number of rotatable bonds is 22. The smallest absolute Gasteiger partial charge is 0.305 e. The summed E-state index contributed by atoms with van der Waals surface area (Å²) in [5.74, 6) is -3.08. The molecule has 1 heterocycles. The average molecular weight is 614 g/mol. The van der Waals surface area contributed by atoms with Crippen molar-refractivity contribution >= 4 is 29.8 Å². The van der Waals surface area contributed by atoms with Crippen LogP contribution in [0.3, 0.4) is 0 Å². The Morgan fingerprint density at radius 3 is 1.47 bits per heavy atom. The van der Waals surface area contributed by atoms with E-state index in [1.807, 2.05) is 0 Å². The molecule has 43 heavy (non-hydrogen) atoms. The lowest BCUT2D eigenvalue weighted by atomic mass is 9.95. The first-order valence-corrected chi connectivity index (χ1v) is 16.1. The molecule has 1 fully saturated rings. The van der Waals surface area contributed by atoms with Crippen LogP contribution in [-0.2, 0) is 47.7 Å². The highest BCUT2D eigenvalue weighted by molar-refractivity contribution is 5.76. The molecule has 0 spiro atoms. The van der Waals surface area contributed by atoms with Crippen LogP contribution in [-0.4, -0.2) is 67.0 Å². The number of hydrogen-bond donors (Lipinski definition) is 1. The van der Waals surface area contributed by atoms with Gasteiger partial charge in [0, 0.05) is 34.1 Å². The Bertz CT molecular complexity index is 848. The SMILES string of the molecule is CCCCCCCCCCCCCCCCCC(=O)N[C@@H]1[C@H](OC(C)=O)O[C@H](COC(C)=O)[C@H](OC(C)=O)[C@@H]1OC(C)=O. The second-order valence-electron chi connectivity index (χ2n) is 11.4. The van der Waals surface area contributed by atoms with Gasteiger partial charge in [0.1, 0.15) is 18.8 Å². The fourth-order valence-electron chi connectivity index (χ4n) is 5.24. The Morgan fingerprint density at radius 1 is 0.581 bits per heavy atom. The minimum Gasteiger partial charge on any atom is -0.463 e. The fraction of sp³-hybridized carbons (Fsp3) is 0.844. The summed E-state index contributed by atoms with van der Waals surface area (Å²) in [6.45, 7) is 6.57. The van der Waals surface area contributed by atoms with Crippen LogP contribution in [0.4, 0.5) is 0 Å². The summed E-state index contributed by atoms with van der Waals surface area (Å²) in [7, 11) is 0. The predicted octanol–water partition coefficient (Wildman–Crippen LogP) is 5.45. The van der Waals surface area contributed by atoms with Gasteiger partial charge in [-0.25, -0.2) is 0 Å². The van der Waals surface area contributed by atoms with Crippen LogP contribution < -0.4 is 5.32 Å². The first-order chi connectivity index (χ1) is 20.5. The number of unbranched alkanes of at least 4 members (excludes halogenated alkanes) is 14. The lowest BCUT2D eigenvalue weighted by Crippen LogP contribution is -2.67. The van der Waals surface area contributed by atoms with Gasteiger partial charge in [-0.05, 0) is 6.42 Å². The molecule has 0 aromatic heterocycles. The van der Waals surface area contributed by atoms with Gasteiger partial charge < -0.3 is 29.0 Å². The Labute approximate surface area is 257 Å². The Kier molecular flexibility index (Phi) is 20.3. The summed E-state index contributed by atoms with van der Waals surface area (Å²) >= 11 is 0. The number of nitrogens with one attached hydrogen (secondary N) is 1. The highest BCUT2D eigenvalue weighted by Gasteiger charge is 2.52. The van der Waals surface area contributed by atoms with Crippen molar-refractivity contribution < 1.29 is 47.7 Å². The van der Waals surface area contributed by atoms with Crippen LogP contribution in [0.1, 0.15) is 137 Å². The zero-order valence-corrected chi connectivity index (χ0v) is 27.0. The normalized spacial score (nSPS) is 21.5. The molecule has 1 saturated heterocycles. The molecule has 11 heteroatoms. The largest absolute Gasteiger partial charge is 0.463 e. The summed E-state index contributed by atoms with van der Waals surface area (Å²) in [5, 5.41) is 2.75. The molecule has 0 aromatic carbocycles. The monoisotopic (exact) mass is 613 g/mol. The van der Waals surface area contributed by atoms with Crippen molar-refractivity contribution in [2.75, 3.05) is 6.61 Å². The molecule has 0 saturated carbocycles. The number of ether oxygens (including phenoxy) is 5. The van der Waals surface area contributed by atoms with E-state index in [0.717, 1.165) is 40.0 Å². The van der Waals surface area contributed by atoms with E-state index >= 15 is 0 Å². The molecule has 0 unspecified atom stereocenters. The second kappa shape index (κ2) is 22.8. The van der Waals surface area contributed by atoms with Crippen molar-refractivity contribution in [1.29, 1.82) is 0 Å². The molecule has 1 rings (SSSR count). The van der Waals surface area contributed by atoms with Crippen LogP contribution in [0.25, 0.3) is 0 Å². The van der Waals surface area contributed by atoms with Gasteiger partial charge in [0.15, 0.2) is 12.2 Å². The maximum absolute atomic E-state index is 12.9. The molecule has 11 nitrogen and oxygen atoms in total. The summed E-state index contributed by atoms with van der Waals surface area (Å²) < 4.78 is 27.0. The van der Waals surface area contributed by atoms with Gasteiger partial charge >= 0.3 is 23.9 Å². The van der Waals surface area contributed by atoms with E-state index in [1.54, 1.807) is 0 Å². The maximum Gasteiger partial charge on any atom is 0.305 e. The second-order valence-corrected chi connectivity index (χ2v) is 11.4.